The molecule has 0 amide bonds. The molecule has 2 aromatic carbocycles. The molecule has 0 unspecified atom stereocenters. The first-order valence-corrected chi connectivity index (χ1v) is 8.56. The average molecular weight is 307 g/mol. The molecule has 1 heterocycles. The summed E-state index contributed by atoms with van der Waals surface area (Å²) in [5, 5.41) is 0. The van der Waals surface area contributed by atoms with Gasteiger partial charge >= 0.3 is 0 Å². The molecule has 3 aromatic rings. The van der Waals surface area contributed by atoms with Gasteiger partial charge in [0, 0.05) is 12.1 Å². The van der Waals surface area contributed by atoms with Crippen LogP contribution in [-0.4, -0.2) is 28.0 Å². The van der Waals surface area contributed by atoms with Gasteiger partial charge in [0.2, 0.25) is 0 Å². The van der Waals surface area contributed by atoms with Gasteiger partial charge in [0.15, 0.2) is 0 Å². The van der Waals surface area contributed by atoms with Gasteiger partial charge in [-0.15, -0.1) is 0 Å². The standard InChI is InChI=1S/C20H25N3/c1-3-5-13-23(4-2)15-16-9-8-10-17(14-16)20-21-18-11-6-7-12-19(18)22-20/h6-12,14H,3-5,13,15H2,1-2H3,(H,21,22). The number of benzene rings is 2. The van der Waals surface area contributed by atoms with E-state index >= 15 is 0 Å². The predicted octanol–water partition coefficient (Wildman–Crippen LogP) is 4.85. The van der Waals surface area contributed by atoms with Gasteiger partial charge in [-0.05, 0) is 43.3 Å². The van der Waals surface area contributed by atoms with E-state index in [0.29, 0.717) is 0 Å². The Hall–Kier alpha value is -2.13. The largest absolute Gasteiger partial charge is 0.338 e. The summed E-state index contributed by atoms with van der Waals surface area (Å²) in [5.74, 6) is 0.949. The third-order valence-electron chi connectivity index (χ3n) is 4.27. The fraction of sp³-hybridized carbons (Fsp3) is 0.350. The fourth-order valence-electron chi connectivity index (χ4n) is 2.90. The lowest BCUT2D eigenvalue weighted by molar-refractivity contribution is 0.275. The van der Waals surface area contributed by atoms with E-state index in [9.17, 15) is 0 Å². The lowest BCUT2D eigenvalue weighted by Gasteiger charge is -2.20. The summed E-state index contributed by atoms with van der Waals surface area (Å²) in [6.07, 6.45) is 2.51. The van der Waals surface area contributed by atoms with Gasteiger partial charge in [0.25, 0.3) is 0 Å². The van der Waals surface area contributed by atoms with Crippen LogP contribution >= 0.6 is 0 Å². The Balaban J connectivity index is 1.81. The summed E-state index contributed by atoms with van der Waals surface area (Å²) in [7, 11) is 0. The van der Waals surface area contributed by atoms with Crippen molar-refractivity contribution in [2.75, 3.05) is 13.1 Å². The minimum absolute atomic E-state index is 0.949. The van der Waals surface area contributed by atoms with Crippen molar-refractivity contribution in [3.63, 3.8) is 0 Å². The van der Waals surface area contributed by atoms with Gasteiger partial charge in [-0.2, -0.15) is 0 Å². The molecule has 23 heavy (non-hydrogen) atoms. The SMILES string of the molecule is CCCCN(CC)Cc1cccc(-c2nc3ccccc3[nH]2)c1. The number of fused-ring (bicyclic) bond motifs is 1. The first-order valence-electron chi connectivity index (χ1n) is 8.56. The lowest BCUT2D eigenvalue weighted by atomic mass is 10.1. The number of aromatic nitrogens is 2. The van der Waals surface area contributed by atoms with Crippen molar-refractivity contribution >= 4 is 11.0 Å². The summed E-state index contributed by atoms with van der Waals surface area (Å²) < 4.78 is 0. The molecule has 0 aliphatic rings. The van der Waals surface area contributed by atoms with Crippen LogP contribution in [0.3, 0.4) is 0 Å². The molecule has 0 spiro atoms. The number of rotatable bonds is 7. The highest BCUT2D eigenvalue weighted by molar-refractivity contribution is 5.79. The number of hydrogen-bond donors (Lipinski definition) is 1. The Morgan fingerprint density at radius 1 is 1.04 bits per heavy atom. The van der Waals surface area contributed by atoms with Crippen LogP contribution in [0.4, 0.5) is 0 Å². The number of nitrogens with zero attached hydrogens (tertiary/aromatic N) is 2. The molecule has 3 heteroatoms. The minimum atomic E-state index is 0.949. The third-order valence-corrected chi connectivity index (χ3v) is 4.27. The minimum Gasteiger partial charge on any atom is -0.338 e. The number of imidazole rings is 1. The number of nitrogens with one attached hydrogen (secondary N) is 1. The highest BCUT2D eigenvalue weighted by Crippen LogP contribution is 2.21. The van der Waals surface area contributed by atoms with Crippen LogP contribution in [0.25, 0.3) is 22.4 Å². The number of unbranched alkanes of at least 4 members (excludes halogenated alkanes) is 1. The summed E-state index contributed by atoms with van der Waals surface area (Å²) >= 11 is 0. The molecule has 0 aliphatic heterocycles. The topological polar surface area (TPSA) is 31.9 Å². The van der Waals surface area contributed by atoms with Crippen LogP contribution in [-0.2, 0) is 6.54 Å². The maximum absolute atomic E-state index is 4.70. The molecule has 1 aromatic heterocycles. The number of H-pyrrole nitrogens is 1. The van der Waals surface area contributed by atoms with Crippen molar-refractivity contribution in [2.24, 2.45) is 0 Å². The third kappa shape index (κ3) is 3.80. The van der Waals surface area contributed by atoms with Crippen LogP contribution in [0, 0.1) is 0 Å². The maximum atomic E-state index is 4.70. The Kier molecular flexibility index (Phi) is 5.09. The Morgan fingerprint density at radius 3 is 2.70 bits per heavy atom. The molecule has 1 N–H and O–H groups in total. The van der Waals surface area contributed by atoms with E-state index in [2.05, 4.69) is 54.1 Å². The molecule has 3 rings (SSSR count). The van der Waals surface area contributed by atoms with Crippen molar-refractivity contribution < 1.29 is 0 Å². The monoisotopic (exact) mass is 307 g/mol. The van der Waals surface area contributed by atoms with Crippen LogP contribution < -0.4 is 0 Å². The van der Waals surface area contributed by atoms with Gasteiger partial charge in [-0.25, -0.2) is 4.98 Å². The molecule has 0 saturated carbocycles. The van der Waals surface area contributed by atoms with Crippen LogP contribution in [0.5, 0.6) is 0 Å². The first-order chi connectivity index (χ1) is 11.3. The number of hydrogen-bond acceptors (Lipinski definition) is 2. The molecule has 0 radical (unpaired) electrons. The highest BCUT2D eigenvalue weighted by atomic mass is 15.1. The van der Waals surface area contributed by atoms with E-state index in [-0.39, 0.29) is 0 Å². The van der Waals surface area contributed by atoms with Gasteiger partial charge in [-0.3, -0.25) is 4.90 Å². The first kappa shape index (κ1) is 15.8. The molecule has 0 atom stereocenters. The Bertz CT molecular complexity index is 727. The van der Waals surface area contributed by atoms with E-state index in [1.54, 1.807) is 0 Å². The molecular weight excluding hydrogens is 282 g/mol. The summed E-state index contributed by atoms with van der Waals surface area (Å²) in [6, 6.07) is 16.9. The van der Waals surface area contributed by atoms with Gasteiger partial charge in [0.05, 0.1) is 11.0 Å². The van der Waals surface area contributed by atoms with Gasteiger partial charge in [0.1, 0.15) is 5.82 Å². The van der Waals surface area contributed by atoms with Gasteiger partial charge in [-0.1, -0.05) is 50.6 Å². The van der Waals surface area contributed by atoms with E-state index in [0.717, 1.165) is 35.5 Å². The normalized spacial score (nSPS) is 11.4. The summed E-state index contributed by atoms with van der Waals surface area (Å²) in [6.45, 7) is 7.75. The molecule has 0 aliphatic carbocycles. The zero-order valence-electron chi connectivity index (χ0n) is 14.0. The second-order valence-electron chi connectivity index (χ2n) is 6.03. The zero-order chi connectivity index (χ0) is 16.1. The second kappa shape index (κ2) is 7.42. The Morgan fingerprint density at radius 2 is 1.91 bits per heavy atom. The number of para-hydroxylation sites is 2. The summed E-state index contributed by atoms with van der Waals surface area (Å²) in [4.78, 5) is 10.6. The van der Waals surface area contributed by atoms with Crippen LogP contribution in [0.2, 0.25) is 0 Å². The summed E-state index contributed by atoms with van der Waals surface area (Å²) in [5.41, 5.74) is 4.61. The van der Waals surface area contributed by atoms with Crippen molar-refractivity contribution in [1.29, 1.82) is 0 Å². The molecule has 120 valence electrons. The maximum Gasteiger partial charge on any atom is 0.138 e. The molecule has 0 fully saturated rings. The van der Waals surface area contributed by atoms with Crippen LogP contribution in [0.15, 0.2) is 48.5 Å². The number of aromatic amines is 1. The van der Waals surface area contributed by atoms with Crippen molar-refractivity contribution in [3.8, 4) is 11.4 Å². The van der Waals surface area contributed by atoms with Crippen molar-refractivity contribution in [3.05, 3.63) is 54.1 Å². The smallest absolute Gasteiger partial charge is 0.138 e. The molecule has 3 nitrogen and oxygen atoms in total. The van der Waals surface area contributed by atoms with Crippen molar-refractivity contribution in [2.45, 2.75) is 33.2 Å². The van der Waals surface area contributed by atoms with E-state index < -0.39 is 0 Å². The van der Waals surface area contributed by atoms with Crippen molar-refractivity contribution in [1.82, 2.24) is 14.9 Å². The van der Waals surface area contributed by atoms with Crippen LogP contribution in [0.1, 0.15) is 32.3 Å². The van der Waals surface area contributed by atoms with Gasteiger partial charge < -0.3 is 4.98 Å². The Labute approximate surface area is 138 Å². The lowest BCUT2D eigenvalue weighted by Crippen LogP contribution is -2.23. The van der Waals surface area contributed by atoms with E-state index in [1.807, 2.05) is 18.2 Å². The molecular formula is C20H25N3. The molecule has 0 saturated heterocycles. The second-order valence-corrected chi connectivity index (χ2v) is 6.03. The van der Waals surface area contributed by atoms with E-state index in [1.165, 1.54) is 24.9 Å². The van der Waals surface area contributed by atoms with E-state index in [4.69, 9.17) is 4.98 Å². The highest BCUT2D eigenvalue weighted by Gasteiger charge is 2.07. The zero-order valence-corrected chi connectivity index (χ0v) is 14.0. The predicted molar refractivity (Wildman–Crippen MR) is 97.4 cm³/mol. The molecule has 0 bridgehead atoms. The fourth-order valence-corrected chi connectivity index (χ4v) is 2.90. The quantitative estimate of drug-likeness (QED) is 0.676. The average Bonchev–Trinajstić information content (AvgIpc) is 3.03.